The molecular formula is C28H32N2O3. The highest BCUT2D eigenvalue weighted by Gasteiger charge is 2.37. The molecule has 1 aromatic heterocycles. The van der Waals surface area contributed by atoms with E-state index in [2.05, 4.69) is 52.1 Å². The lowest BCUT2D eigenvalue weighted by Gasteiger charge is -2.42. The first-order valence-corrected chi connectivity index (χ1v) is 11.4. The smallest absolute Gasteiger partial charge is 0.291 e. The second-order valence-corrected chi connectivity index (χ2v) is 10.4. The number of amides is 2. The van der Waals surface area contributed by atoms with E-state index >= 15 is 0 Å². The first-order chi connectivity index (χ1) is 15.5. The zero-order valence-electron chi connectivity index (χ0n) is 20.0. The van der Waals surface area contributed by atoms with Crippen LogP contribution >= 0.6 is 0 Å². The van der Waals surface area contributed by atoms with Crippen LogP contribution < -0.4 is 11.1 Å². The van der Waals surface area contributed by atoms with Gasteiger partial charge in [0.25, 0.3) is 5.91 Å². The van der Waals surface area contributed by atoms with Crippen molar-refractivity contribution in [2.24, 2.45) is 5.73 Å². The number of carbonyl (C=O) groups excluding carboxylic acids is 2. The number of anilines is 1. The third kappa shape index (κ3) is 4.58. The Kier molecular flexibility index (Phi) is 5.69. The molecule has 2 aromatic carbocycles. The molecule has 4 rings (SSSR count). The van der Waals surface area contributed by atoms with Gasteiger partial charge in [-0.2, -0.15) is 0 Å². The summed E-state index contributed by atoms with van der Waals surface area (Å²) in [5.74, 6) is 0.160. The molecule has 0 fully saturated rings. The van der Waals surface area contributed by atoms with Crippen LogP contribution in [-0.4, -0.2) is 11.8 Å². The molecule has 0 spiro atoms. The van der Waals surface area contributed by atoms with Gasteiger partial charge in [-0.3, -0.25) is 9.59 Å². The minimum atomic E-state index is -0.507. The van der Waals surface area contributed by atoms with E-state index in [0.717, 1.165) is 5.76 Å². The zero-order chi connectivity index (χ0) is 24.0. The number of rotatable bonds is 5. The number of aryl methyl sites for hydroxylation is 1. The maximum atomic E-state index is 12.6. The fourth-order valence-electron chi connectivity index (χ4n) is 4.65. The number of fused-ring (bicyclic) bond motifs is 1. The molecule has 0 saturated heterocycles. The van der Waals surface area contributed by atoms with E-state index < -0.39 is 5.91 Å². The zero-order valence-corrected chi connectivity index (χ0v) is 20.0. The van der Waals surface area contributed by atoms with E-state index in [4.69, 9.17) is 10.2 Å². The van der Waals surface area contributed by atoms with E-state index in [9.17, 15) is 9.59 Å². The van der Waals surface area contributed by atoms with Crippen molar-refractivity contribution in [3.8, 4) is 0 Å². The lowest BCUT2D eigenvalue weighted by atomic mass is 9.62. The van der Waals surface area contributed by atoms with Crippen LogP contribution in [0.2, 0.25) is 0 Å². The minimum Gasteiger partial charge on any atom is -0.456 e. The second kappa shape index (κ2) is 8.22. The molecule has 172 valence electrons. The highest BCUT2D eigenvalue weighted by atomic mass is 16.3. The Morgan fingerprint density at radius 3 is 2.15 bits per heavy atom. The van der Waals surface area contributed by atoms with Crippen LogP contribution in [0, 0.1) is 6.92 Å². The maximum Gasteiger partial charge on any atom is 0.291 e. The summed E-state index contributed by atoms with van der Waals surface area (Å²) in [6.45, 7) is 11.5. The molecule has 0 bridgehead atoms. The predicted molar refractivity (Wildman–Crippen MR) is 131 cm³/mol. The number of primary amides is 1. The van der Waals surface area contributed by atoms with Crippen LogP contribution in [0.1, 0.15) is 89.5 Å². The number of hydrogen-bond donors (Lipinski definition) is 2. The number of nitrogens with two attached hydrogens (primary N) is 1. The van der Waals surface area contributed by atoms with E-state index in [0.29, 0.717) is 17.7 Å². The van der Waals surface area contributed by atoms with Crippen molar-refractivity contribution in [1.82, 2.24) is 0 Å². The normalized spacial score (nSPS) is 16.2. The predicted octanol–water partition coefficient (Wildman–Crippen LogP) is 5.88. The molecule has 2 amide bonds. The first-order valence-electron chi connectivity index (χ1n) is 11.4. The quantitative estimate of drug-likeness (QED) is 0.515. The van der Waals surface area contributed by atoms with Gasteiger partial charge in [-0.25, -0.2) is 0 Å². The Morgan fingerprint density at radius 1 is 0.939 bits per heavy atom. The molecule has 3 aromatic rings. The van der Waals surface area contributed by atoms with Gasteiger partial charge >= 0.3 is 0 Å². The van der Waals surface area contributed by atoms with Crippen molar-refractivity contribution in [1.29, 1.82) is 0 Å². The maximum absolute atomic E-state index is 12.6. The molecule has 1 heterocycles. The first kappa shape index (κ1) is 22.8. The molecule has 3 N–H and O–H groups in total. The molecule has 0 unspecified atom stereocenters. The van der Waals surface area contributed by atoms with Crippen LogP contribution in [0.3, 0.4) is 0 Å². The lowest BCUT2D eigenvalue weighted by molar-refractivity contribution is 0.0990. The molecular weight excluding hydrogens is 412 g/mol. The number of nitrogens with one attached hydrogen (secondary N) is 1. The van der Waals surface area contributed by atoms with E-state index in [-0.39, 0.29) is 22.5 Å². The number of furan rings is 1. The van der Waals surface area contributed by atoms with E-state index in [1.807, 2.05) is 6.07 Å². The number of hydrogen-bond acceptors (Lipinski definition) is 3. The summed E-state index contributed by atoms with van der Waals surface area (Å²) >= 11 is 0. The van der Waals surface area contributed by atoms with Crippen LogP contribution in [-0.2, 0) is 17.3 Å². The van der Waals surface area contributed by atoms with Crippen LogP contribution in [0.15, 0.2) is 52.9 Å². The number of carbonyl (C=O) groups is 2. The Hall–Kier alpha value is -3.34. The largest absolute Gasteiger partial charge is 0.456 e. The summed E-state index contributed by atoms with van der Waals surface area (Å²) in [7, 11) is 0. The van der Waals surface area contributed by atoms with Gasteiger partial charge in [0.1, 0.15) is 5.76 Å². The van der Waals surface area contributed by atoms with E-state index in [1.54, 1.807) is 30.3 Å². The second-order valence-electron chi connectivity index (χ2n) is 10.4. The van der Waals surface area contributed by atoms with Crippen molar-refractivity contribution in [3.05, 3.63) is 87.9 Å². The molecule has 33 heavy (non-hydrogen) atoms. The van der Waals surface area contributed by atoms with Crippen molar-refractivity contribution < 1.29 is 14.0 Å². The Bertz CT molecular complexity index is 1220. The topological polar surface area (TPSA) is 85.3 Å². The molecule has 0 saturated carbocycles. The third-order valence-electron chi connectivity index (χ3n) is 6.99. The monoisotopic (exact) mass is 444 g/mol. The molecule has 1 aliphatic carbocycles. The average molecular weight is 445 g/mol. The Balaban J connectivity index is 1.53. The van der Waals surface area contributed by atoms with E-state index in [1.165, 1.54) is 35.1 Å². The SMILES string of the molecule is Cc1cc2c(cc1Cc1ccc(C(=O)Nc3ccc(C(N)=O)cc3)o1)C(C)(C)CCC2(C)C. The average Bonchev–Trinajstić information content (AvgIpc) is 3.22. The lowest BCUT2D eigenvalue weighted by Crippen LogP contribution is -2.34. The summed E-state index contributed by atoms with van der Waals surface area (Å²) in [6, 6.07) is 14.7. The summed E-state index contributed by atoms with van der Waals surface area (Å²) in [4.78, 5) is 23.8. The van der Waals surface area contributed by atoms with Crippen LogP contribution in [0.5, 0.6) is 0 Å². The summed E-state index contributed by atoms with van der Waals surface area (Å²) in [5, 5.41) is 2.79. The third-order valence-corrected chi connectivity index (χ3v) is 6.99. The van der Waals surface area contributed by atoms with Gasteiger partial charge in [0.05, 0.1) is 0 Å². The molecule has 1 aliphatic rings. The van der Waals surface area contributed by atoms with Gasteiger partial charge in [0.2, 0.25) is 5.91 Å². The minimum absolute atomic E-state index is 0.144. The van der Waals surface area contributed by atoms with Crippen LogP contribution in [0.4, 0.5) is 5.69 Å². The highest BCUT2D eigenvalue weighted by Crippen LogP contribution is 2.46. The van der Waals surface area contributed by atoms with Crippen molar-refractivity contribution in [3.63, 3.8) is 0 Å². The Morgan fingerprint density at radius 2 is 1.55 bits per heavy atom. The van der Waals surface area contributed by atoms with Crippen LogP contribution in [0.25, 0.3) is 0 Å². The fourth-order valence-corrected chi connectivity index (χ4v) is 4.65. The number of benzene rings is 2. The van der Waals surface area contributed by atoms with Gasteiger partial charge in [-0.05, 0) is 89.2 Å². The van der Waals surface area contributed by atoms with Gasteiger partial charge in [-0.1, -0.05) is 39.8 Å². The standard InChI is InChI=1S/C28H32N2O3/c1-17-14-22-23(28(4,5)13-12-27(22,2)3)16-19(17)15-21-10-11-24(33-21)26(32)30-20-8-6-18(7-9-20)25(29)31/h6-11,14,16H,12-13,15H2,1-5H3,(H2,29,31)(H,30,32). The van der Waals surface area contributed by atoms with Gasteiger partial charge in [-0.15, -0.1) is 0 Å². The molecule has 5 heteroatoms. The fraction of sp³-hybridized carbons (Fsp3) is 0.357. The van der Waals surface area contributed by atoms with Crippen molar-refractivity contribution in [2.45, 2.75) is 64.7 Å². The van der Waals surface area contributed by atoms with Gasteiger partial charge in [0, 0.05) is 17.7 Å². The van der Waals surface area contributed by atoms with Gasteiger partial charge in [0.15, 0.2) is 5.76 Å². The summed E-state index contributed by atoms with van der Waals surface area (Å²) < 4.78 is 5.89. The summed E-state index contributed by atoms with van der Waals surface area (Å²) in [6.07, 6.45) is 2.99. The Labute approximate surface area is 195 Å². The molecule has 5 nitrogen and oxygen atoms in total. The molecule has 0 radical (unpaired) electrons. The molecule has 0 atom stereocenters. The highest BCUT2D eigenvalue weighted by molar-refractivity contribution is 6.02. The summed E-state index contributed by atoms with van der Waals surface area (Å²) in [5.41, 5.74) is 11.9. The van der Waals surface area contributed by atoms with Crippen molar-refractivity contribution in [2.75, 3.05) is 5.32 Å². The van der Waals surface area contributed by atoms with Crippen molar-refractivity contribution >= 4 is 17.5 Å². The molecule has 0 aliphatic heterocycles. The van der Waals surface area contributed by atoms with Gasteiger partial charge < -0.3 is 15.5 Å².